The summed E-state index contributed by atoms with van der Waals surface area (Å²) in [5.74, 6) is 0.955. The van der Waals surface area contributed by atoms with Crippen LogP contribution in [0.15, 0.2) is 18.5 Å². The number of carbonyl (C=O) groups is 1. The van der Waals surface area contributed by atoms with Crippen LogP contribution in [-0.4, -0.2) is 97.8 Å². The van der Waals surface area contributed by atoms with Crippen molar-refractivity contribution in [3.8, 4) is 0 Å². The van der Waals surface area contributed by atoms with E-state index in [1.165, 1.54) is 0 Å². The molecule has 25 heavy (non-hydrogen) atoms. The van der Waals surface area contributed by atoms with Crippen LogP contribution in [-0.2, 0) is 9.53 Å². The number of morpholine rings is 1. The molecule has 8 nitrogen and oxygen atoms in total. The molecule has 0 unspecified atom stereocenters. The van der Waals surface area contributed by atoms with Gasteiger partial charge in [-0.1, -0.05) is 0 Å². The van der Waals surface area contributed by atoms with Crippen molar-refractivity contribution in [1.82, 2.24) is 25.1 Å². The molecule has 1 aromatic heterocycles. The quantitative estimate of drug-likeness (QED) is 0.691. The Kier molecular flexibility index (Phi) is 6.55. The molecule has 2 aliphatic rings. The van der Waals surface area contributed by atoms with Crippen LogP contribution in [0.3, 0.4) is 0 Å². The van der Waals surface area contributed by atoms with Crippen molar-refractivity contribution in [3.05, 3.63) is 18.5 Å². The number of anilines is 1. The van der Waals surface area contributed by atoms with E-state index < -0.39 is 0 Å². The molecular formula is C17H28N6O2. The number of hydrogen-bond donors (Lipinski definition) is 1. The number of ether oxygens (including phenoxy) is 1. The second-order valence-electron chi connectivity index (χ2n) is 6.63. The summed E-state index contributed by atoms with van der Waals surface area (Å²) in [6.07, 6.45) is 4.26. The number of likely N-dealkylation sites (N-methyl/N-ethyl adjacent to an activating group) is 1. The lowest BCUT2D eigenvalue weighted by atomic mass is 10.2. The monoisotopic (exact) mass is 348 g/mol. The molecular weight excluding hydrogens is 320 g/mol. The van der Waals surface area contributed by atoms with Crippen molar-refractivity contribution in [2.24, 2.45) is 0 Å². The van der Waals surface area contributed by atoms with E-state index in [0.29, 0.717) is 13.0 Å². The van der Waals surface area contributed by atoms with Crippen molar-refractivity contribution in [2.45, 2.75) is 12.5 Å². The van der Waals surface area contributed by atoms with Crippen LogP contribution in [0.25, 0.3) is 0 Å². The SMILES string of the molecule is CN1CCO[C@H](CNCCC(=O)N2CCN(c3ncccn3)CC2)C1. The van der Waals surface area contributed by atoms with Crippen LogP contribution in [0, 0.1) is 0 Å². The fourth-order valence-electron chi connectivity index (χ4n) is 3.22. The average molecular weight is 348 g/mol. The van der Waals surface area contributed by atoms with E-state index in [1.54, 1.807) is 12.4 Å². The second kappa shape index (κ2) is 9.07. The van der Waals surface area contributed by atoms with Gasteiger partial charge in [0.1, 0.15) is 0 Å². The second-order valence-corrected chi connectivity index (χ2v) is 6.63. The predicted octanol–water partition coefficient (Wildman–Crippen LogP) is -0.564. The number of carbonyl (C=O) groups excluding carboxylic acids is 1. The first kappa shape index (κ1) is 18.0. The van der Waals surface area contributed by atoms with Crippen LogP contribution in [0.4, 0.5) is 5.95 Å². The fraction of sp³-hybridized carbons (Fsp3) is 0.706. The summed E-state index contributed by atoms with van der Waals surface area (Å²) in [5, 5.41) is 3.35. The number of nitrogens with one attached hydrogen (secondary N) is 1. The summed E-state index contributed by atoms with van der Waals surface area (Å²) in [5.41, 5.74) is 0. The Morgan fingerprint density at radius 1 is 1.24 bits per heavy atom. The molecule has 0 bridgehead atoms. The molecule has 2 aliphatic heterocycles. The predicted molar refractivity (Wildman–Crippen MR) is 95.5 cm³/mol. The van der Waals surface area contributed by atoms with Crippen molar-refractivity contribution in [3.63, 3.8) is 0 Å². The molecule has 0 aromatic carbocycles. The van der Waals surface area contributed by atoms with E-state index >= 15 is 0 Å². The van der Waals surface area contributed by atoms with Crippen LogP contribution in [0.5, 0.6) is 0 Å². The van der Waals surface area contributed by atoms with Gasteiger partial charge in [0, 0.05) is 71.2 Å². The van der Waals surface area contributed by atoms with Crippen LogP contribution >= 0.6 is 0 Å². The smallest absolute Gasteiger partial charge is 0.225 e. The summed E-state index contributed by atoms with van der Waals surface area (Å²) >= 11 is 0. The van der Waals surface area contributed by atoms with E-state index in [4.69, 9.17) is 4.74 Å². The topological polar surface area (TPSA) is 73.8 Å². The van der Waals surface area contributed by atoms with E-state index in [0.717, 1.165) is 58.4 Å². The van der Waals surface area contributed by atoms with Gasteiger partial charge >= 0.3 is 0 Å². The number of aromatic nitrogens is 2. The number of nitrogens with zero attached hydrogens (tertiary/aromatic N) is 5. The summed E-state index contributed by atoms with van der Waals surface area (Å²) in [6, 6.07) is 1.81. The van der Waals surface area contributed by atoms with Gasteiger partial charge in [0.2, 0.25) is 11.9 Å². The van der Waals surface area contributed by atoms with Crippen LogP contribution < -0.4 is 10.2 Å². The first-order chi connectivity index (χ1) is 12.2. The van der Waals surface area contributed by atoms with Gasteiger partial charge in [-0.25, -0.2) is 9.97 Å². The first-order valence-corrected chi connectivity index (χ1v) is 9.03. The molecule has 138 valence electrons. The Morgan fingerprint density at radius 3 is 2.72 bits per heavy atom. The zero-order valence-electron chi connectivity index (χ0n) is 14.9. The van der Waals surface area contributed by atoms with Crippen molar-refractivity contribution in [1.29, 1.82) is 0 Å². The zero-order valence-corrected chi connectivity index (χ0v) is 14.9. The molecule has 0 radical (unpaired) electrons. The third kappa shape index (κ3) is 5.35. The standard InChI is InChI=1S/C17H28N6O2/c1-21-11-12-25-15(14-21)13-18-6-3-16(24)22-7-9-23(10-8-22)17-19-4-2-5-20-17/h2,4-5,15,18H,3,6-14H2,1H3/t15-/m1/s1. The normalized spacial score (nSPS) is 22.2. The first-order valence-electron chi connectivity index (χ1n) is 9.03. The number of hydrogen-bond acceptors (Lipinski definition) is 7. The number of amides is 1. The van der Waals surface area contributed by atoms with Gasteiger partial charge in [0.05, 0.1) is 12.7 Å². The van der Waals surface area contributed by atoms with E-state index in [9.17, 15) is 4.79 Å². The summed E-state index contributed by atoms with van der Waals surface area (Å²) in [6.45, 7) is 7.26. The largest absolute Gasteiger partial charge is 0.374 e. The van der Waals surface area contributed by atoms with E-state index in [1.807, 2.05) is 11.0 Å². The molecule has 1 atom stereocenters. The molecule has 0 saturated carbocycles. The average Bonchev–Trinajstić information content (AvgIpc) is 2.66. The highest BCUT2D eigenvalue weighted by Crippen LogP contribution is 2.10. The minimum Gasteiger partial charge on any atom is -0.374 e. The molecule has 1 amide bonds. The van der Waals surface area contributed by atoms with Crippen LogP contribution in [0.1, 0.15) is 6.42 Å². The highest BCUT2D eigenvalue weighted by atomic mass is 16.5. The van der Waals surface area contributed by atoms with Gasteiger partial charge in [-0.15, -0.1) is 0 Å². The molecule has 0 spiro atoms. The molecule has 3 heterocycles. The third-order valence-corrected chi connectivity index (χ3v) is 4.70. The molecule has 0 aliphatic carbocycles. The van der Waals surface area contributed by atoms with Crippen LogP contribution in [0.2, 0.25) is 0 Å². The van der Waals surface area contributed by atoms with Gasteiger partial charge in [0.15, 0.2) is 0 Å². The highest BCUT2D eigenvalue weighted by Gasteiger charge is 2.22. The maximum Gasteiger partial charge on any atom is 0.225 e. The molecule has 2 saturated heterocycles. The fourth-order valence-corrected chi connectivity index (χ4v) is 3.22. The molecule has 3 rings (SSSR count). The highest BCUT2D eigenvalue weighted by molar-refractivity contribution is 5.76. The van der Waals surface area contributed by atoms with Gasteiger partial charge in [-0.05, 0) is 13.1 Å². The van der Waals surface area contributed by atoms with Crippen molar-refractivity contribution >= 4 is 11.9 Å². The molecule has 1 aromatic rings. The van der Waals surface area contributed by atoms with Gasteiger partial charge in [-0.2, -0.15) is 0 Å². The lowest BCUT2D eigenvalue weighted by molar-refractivity contribution is -0.131. The maximum atomic E-state index is 12.3. The van der Waals surface area contributed by atoms with Gasteiger partial charge < -0.3 is 24.8 Å². The third-order valence-electron chi connectivity index (χ3n) is 4.70. The lowest BCUT2D eigenvalue weighted by Gasteiger charge is -2.34. The zero-order chi connectivity index (χ0) is 17.5. The molecule has 2 fully saturated rings. The Morgan fingerprint density at radius 2 is 2.00 bits per heavy atom. The van der Waals surface area contributed by atoms with Gasteiger partial charge in [-0.3, -0.25) is 4.79 Å². The maximum absolute atomic E-state index is 12.3. The van der Waals surface area contributed by atoms with Gasteiger partial charge in [0.25, 0.3) is 0 Å². The minimum absolute atomic E-state index is 0.211. The summed E-state index contributed by atoms with van der Waals surface area (Å²) in [7, 11) is 2.11. The molecule has 8 heteroatoms. The lowest BCUT2D eigenvalue weighted by Crippen LogP contribution is -2.50. The Hall–Kier alpha value is -1.77. The Labute approximate surface area is 149 Å². The number of rotatable bonds is 6. The van der Waals surface area contributed by atoms with Crippen molar-refractivity contribution < 1.29 is 9.53 Å². The number of piperazine rings is 1. The summed E-state index contributed by atoms with van der Waals surface area (Å²) < 4.78 is 5.71. The van der Waals surface area contributed by atoms with Crippen molar-refractivity contribution in [2.75, 3.05) is 70.9 Å². The van der Waals surface area contributed by atoms with E-state index in [2.05, 4.69) is 32.1 Å². The van der Waals surface area contributed by atoms with E-state index in [-0.39, 0.29) is 12.0 Å². The Balaban J connectivity index is 1.31. The minimum atomic E-state index is 0.211. The Bertz CT molecular complexity index is 535. The molecule has 1 N–H and O–H groups in total. The summed E-state index contributed by atoms with van der Waals surface area (Å²) in [4.78, 5) is 27.2.